The molecule has 0 atom stereocenters. The molecular weight excluding hydrogens is 268 g/mol. The van der Waals surface area contributed by atoms with E-state index in [-0.39, 0.29) is 0 Å². The van der Waals surface area contributed by atoms with Gasteiger partial charge in [-0.3, -0.25) is 0 Å². The Labute approximate surface area is 116 Å². The van der Waals surface area contributed by atoms with Gasteiger partial charge in [0.15, 0.2) is 0 Å². The van der Waals surface area contributed by atoms with Gasteiger partial charge in [-0.2, -0.15) is 0 Å². The Balaban J connectivity index is 2.24. The highest BCUT2D eigenvalue weighted by atomic mass is 35.5. The van der Waals surface area contributed by atoms with Gasteiger partial charge in [0.1, 0.15) is 0 Å². The highest BCUT2D eigenvalue weighted by Gasteiger charge is 2.05. The molecule has 2 rings (SSSR count). The van der Waals surface area contributed by atoms with E-state index in [1.54, 1.807) is 22.7 Å². The molecule has 0 aliphatic rings. The molecule has 2 aromatic heterocycles. The Morgan fingerprint density at radius 2 is 2.24 bits per heavy atom. The summed E-state index contributed by atoms with van der Waals surface area (Å²) in [6, 6.07) is 6.49. The van der Waals surface area contributed by atoms with Crippen molar-refractivity contribution in [3.05, 3.63) is 39.4 Å². The lowest BCUT2D eigenvalue weighted by molar-refractivity contribution is 0.778. The van der Waals surface area contributed by atoms with E-state index in [0.29, 0.717) is 11.8 Å². The summed E-state index contributed by atoms with van der Waals surface area (Å²) >= 11 is 9.52. The van der Waals surface area contributed by atoms with E-state index in [1.165, 1.54) is 20.9 Å². The van der Waals surface area contributed by atoms with Crippen LogP contribution in [0, 0.1) is 5.92 Å². The van der Waals surface area contributed by atoms with Gasteiger partial charge in [-0.15, -0.1) is 34.3 Å². The fourth-order valence-corrected chi connectivity index (χ4v) is 3.59. The molecule has 0 spiro atoms. The number of hydrogen-bond acceptors (Lipinski definition) is 2. The van der Waals surface area contributed by atoms with Crippen LogP contribution in [0.25, 0.3) is 16.5 Å². The Morgan fingerprint density at radius 3 is 2.82 bits per heavy atom. The zero-order valence-electron chi connectivity index (χ0n) is 9.94. The Hall–Kier alpha value is -0.570. The standard InChI is InChI=1S/C14H15ClS2/c1-10(2)11(8-15)6-13-7-12(9-17-13)14-4-3-5-16-14/h3-7,9-10H,8H2,1-2H3. The average molecular weight is 283 g/mol. The van der Waals surface area contributed by atoms with E-state index in [2.05, 4.69) is 48.9 Å². The van der Waals surface area contributed by atoms with Crippen molar-refractivity contribution >= 4 is 40.4 Å². The zero-order valence-corrected chi connectivity index (χ0v) is 12.3. The molecule has 2 heterocycles. The SMILES string of the molecule is CC(C)C(=Cc1cc(-c2cccs2)cs1)CCl. The molecule has 0 aliphatic carbocycles. The van der Waals surface area contributed by atoms with Crippen molar-refractivity contribution in [2.45, 2.75) is 13.8 Å². The van der Waals surface area contributed by atoms with Gasteiger partial charge in [-0.25, -0.2) is 0 Å². The molecule has 0 N–H and O–H groups in total. The van der Waals surface area contributed by atoms with Crippen LogP contribution in [0.4, 0.5) is 0 Å². The van der Waals surface area contributed by atoms with Crippen molar-refractivity contribution in [3.8, 4) is 10.4 Å². The Morgan fingerprint density at radius 1 is 1.41 bits per heavy atom. The molecule has 0 saturated carbocycles. The second kappa shape index (κ2) is 5.85. The fraction of sp³-hybridized carbons (Fsp3) is 0.286. The molecule has 0 fully saturated rings. The summed E-state index contributed by atoms with van der Waals surface area (Å²) in [6.45, 7) is 4.37. The molecule has 0 aliphatic heterocycles. The normalized spacial score (nSPS) is 12.4. The molecule has 2 aromatic rings. The van der Waals surface area contributed by atoms with Crippen molar-refractivity contribution in [2.75, 3.05) is 5.88 Å². The van der Waals surface area contributed by atoms with Crippen molar-refractivity contribution in [1.82, 2.24) is 0 Å². The van der Waals surface area contributed by atoms with Crippen LogP contribution in [0.2, 0.25) is 0 Å². The van der Waals surface area contributed by atoms with Gasteiger partial charge in [0, 0.05) is 21.2 Å². The number of alkyl halides is 1. The van der Waals surface area contributed by atoms with Gasteiger partial charge in [0.05, 0.1) is 0 Å². The molecule has 17 heavy (non-hydrogen) atoms. The topological polar surface area (TPSA) is 0 Å². The van der Waals surface area contributed by atoms with Crippen molar-refractivity contribution < 1.29 is 0 Å². The highest BCUT2D eigenvalue weighted by Crippen LogP contribution is 2.30. The first-order valence-electron chi connectivity index (χ1n) is 5.59. The van der Waals surface area contributed by atoms with E-state index in [1.807, 2.05) is 0 Å². The minimum Gasteiger partial charge on any atom is -0.144 e. The van der Waals surface area contributed by atoms with Crippen LogP contribution in [0.1, 0.15) is 18.7 Å². The van der Waals surface area contributed by atoms with Gasteiger partial charge in [-0.1, -0.05) is 25.5 Å². The Bertz CT molecular complexity index is 492. The number of rotatable bonds is 4. The van der Waals surface area contributed by atoms with Crippen molar-refractivity contribution in [2.24, 2.45) is 5.92 Å². The average Bonchev–Trinajstić information content (AvgIpc) is 2.95. The van der Waals surface area contributed by atoms with Crippen LogP contribution in [0.15, 0.2) is 34.5 Å². The zero-order chi connectivity index (χ0) is 12.3. The maximum absolute atomic E-state index is 5.96. The van der Waals surface area contributed by atoms with Crippen molar-refractivity contribution in [1.29, 1.82) is 0 Å². The first-order valence-corrected chi connectivity index (χ1v) is 7.89. The smallest absolute Gasteiger partial charge is 0.0439 e. The third kappa shape index (κ3) is 3.21. The third-order valence-corrected chi connectivity index (χ3v) is 4.76. The van der Waals surface area contributed by atoms with Gasteiger partial charge in [0.25, 0.3) is 0 Å². The molecule has 0 amide bonds. The predicted octanol–water partition coefficient (Wildman–Crippen LogP) is 5.75. The largest absolute Gasteiger partial charge is 0.144 e. The van der Waals surface area contributed by atoms with Gasteiger partial charge >= 0.3 is 0 Å². The monoisotopic (exact) mass is 282 g/mol. The number of thiophene rings is 2. The summed E-state index contributed by atoms with van der Waals surface area (Å²) in [5.41, 5.74) is 2.61. The summed E-state index contributed by atoms with van der Waals surface area (Å²) in [7, 11) is 0. The lowest BCUT2D eigenvalue weighted by Gasteiger charge is -2.06. The van der Waals surface area contributed by atoms with E-state index in [0.717, 1.165) is 0 Å². The molecule has 0 unspecified atom stereocenters. The molecule has 90 valence electrons. The van der Waals surface area contributed by atoms with Crippen LogP contribution in [0.5, 0.6) is 0 Å². The van der Waals surface area contributed by atoms with Crippen LogP contribution >= 0.6 is 34.3 Å². The van der Waals surface area contributed by atoms with E-state index in [4.69, 9.17) is 11.6 Å². The lowest BCUT2D eigenvalue weighted by atomic mass is 10.0. The van der Waals surface area contributed by atoms with Crippen LogP contribution in [0.3, 0.4) is 0 Å². The third-order valence-electron chi connectivity index (χ3n) is 2.65. The van der Waals surface area contributed by atoms with Crippen LogP contribution < -0.4 is 0 Å². The molecule has 3 heteroatoms. The Kier molecular flexibility index (Phi) is 4.43. The van der Waals surface area contributed by atoms with Crippen molar-refractivity contribution in [3.63, 3.8) is 0 Å². The summed E-state index contributed by atoms with van der Waals surface area (Å²) in [6.07, 6.45) is 2.22. The minimum atomic E-state index is 0.514. The second-order valence-electron chi connectivity index (χ2n) is 4.22. The molecule has 0 bridgehead atoms. The van der Waals surface area contributed by atoms with E-state index >= 15 is 0 Å². The van der Waals surface area contributed by atoms with E-state index in [9.17, 15) is 0 Å². The van der Waals surface area contributed by atoms with E-state index < -0.39 is 0 Å². The summed E-state index contributed by atoms with van der Waals surface area (Å²) < 4.78 is 0. The fourth-order valence-electron chi connectivity index (χ4n) is 1.54. The molecule has 0 saturated heterocycles. The number of hydrogen-bond donors (Lipinski definition) is 0. The van der Waals surface area contributed by atoms with Crippen LogP contribution in [-0.2, 0) is 0 Å². The van der Waals surface area contributed by atoms with Gasteiger partial charge < -0.3 is 0 Å². The maximum Gasteiger partial charge on any atom is 0.0439 e. The minimum absolute atomic E-state index is 0.514. The quantitative estimate of drug-likeness (QED) is 0.626. The van der Waals surface area contributed by atoms with Crippen LogP contribution in [-0.4, -0.2) is 5.88 Å². The highest BCUT2D eigenvalue weighted by molar-refractivity contribution is 7.15. The summed E-state index contributed by atoms with van der Waals surface area (Å²) in [4.78, 5) is 2.62. The molecule has 0 radical (unpaired) electrons. The maximum atomic E-state index is 5.96. The summed E-state index contributed by atoms with van der Waals surface area (Å²) in [5, 5.41) is 4.32. The summed E-state index contributed by atoms with van der Waals surface area (Å²) in [5.74, 6) is 1.13. The molecule has 0 nitrogen and oxygen atoms in total. The first-order chi connectivity index (χ1) is 8.20. The predicted molar refractivity (Wildman–Crippen MR) is 81.2 cm³/mol. The number of allylic oxidation sites excluding steroid dienone is 1. The number of halogens is 1. The second-order valence-corrected chi connectivity index (χ2v) is 6.38. The first kappa shape index (κ1) is 12.9. The molecular formula is C14H15ClS2. The van der Waals surface area contributed by atoms with Gasteiger partial charge in [-0.05, 0) is 34.9 Å². The molecule has 0 aromatic carbocycles. The lowest BCUT2D eigenvalue weighted by Crippen LogP contribution is -1.94. The van der Waals surface area contributed by atoms with Gasteiger partial charge in [0.2, 0.25) is 0 Å².